The van der Waals surface area contributed by atoms with E-state index in [1.165, 1.54) is 38.5 Å². The molecule has 14 heavy (non-hydrogen) atoms. The highest BCUT2D eigenvalue weighted by Gasteiger charge is 2.66. The Bertz CT molecular complexity index is 274. The summed E-state index contributed by atoms with van der Waals surface area (Å²) < 4.78 is 6.25. The second-order valence-electron chi connectivity index (χ2n) is 6.13. The molecule has 0 amide bonds. The molecule has 6 unspecified atom stereocenters. The molecular formula is C13H20O. The Balaban J connectivity index is 1.81. The fourth-order valence-electron chi connectivity index (χ4n) is 5.38. The maximum Gasteiger partial charge on any atom is 0.0644 e. The predicted molar refractivity (Wildman–Crippen MR) is 54.9 cm³/mol. The first kappa shape index (κ1) is 8.15. The van der Waals surface area contributed by atoms with Crippen LogP contribution in [0.2, 0.25) is 0 Å². The number of ether oxygens (including phenoxy) is 1. The Labute approximate surface area is 86.2 Å². The van der Waals surface area contributed by atoms with E-state index in [2.05, 4.69) is 6.92 Å². The summed E-state index contributed by atoms with van der Waals surface area (Å²) in [6, 6.07) is 0. The molecule has 3 saturated carbocycles. The fraction of sp³-hybridized carbons (Fsp3) is 1.00. The molecule has 2 aliphatic heterocycles. The maximum atomic E-state index is 6.25. The van der Waals surface area contributed by atoms with E-state index in [0.29, 0.717) is 12.2 Å². The van der Waals surface area contributed by atoms with Crippen LogP contribution in [0.1, 0.15) is 45.4 Å². The Kier molecular flexibility index (Phi) is 1.38. The summed E-state index contributed by atoms with van der Waals surface area (Å²) in [5, 5.41) is 0. The van der Waals surface area contributed by atoms with Crippen LogP contribution in [-0.4, -0.2) is 12.2 Å². The van der Waals surface area contributed by atoms with Gasteiger partial charge >= 0.3 is 0 Å². The average Bonchev–Trinajstić information content (AvgIpc) is 2.66. The van der Waals surface area contributed by atoms with Crippen LogP contribution in [0, 0.1) is 23.2 Å². The van der Waals surface area contributed by atoms with Gasteiger partial charge in [0, 0.05) is 0 Å². The molecule has 0 radical (unpaired) electrons. The van der Waals surface area contributed by atoms with Crippen molar-refractivity contribution >= 4 is 0 Å². The Morgan fingerprint density at radius 2 is 2.14 bits per heavy atom. The van der Waals surface area contributed by atoms with Crippen molar-refractivity contribution in [3.05, 3.63) is 0 Å². The van der Waals surface area contributed by atoms with E-state index >= 15 is 0 Å². The molecule has 6 bridgehead atoms. The number of hydrogen-bond acceptors (Lipinski definition) is 1. The van der Waals surface area contributed by atoms with Crippen molar-refractivity contribution in [2.75, 3.05) is 0 Å². The first-order valence-electron chi connectivity index (χ1n) is 6.49. The SMILES string of the molecule is CCC12CC3OC4C(CCCC41)C3C2. The Hall–Kier alpha value is -0.0400. The van der Waals surface area contributed by atoms with E-state index in [1.54, 1.807) is 0 Å². The molecule has 2 saturated heterocycles. The summed E-state index contributed by atoms with van der Waals surface area (Å²) in [7, 11) is 0. The quantitative estimate of drug-likeness (QED) is 0.620. The average molecular weight is 192 g/mol. The molecule has 0 aromatic heterocycles. The predicted octanol–water partition coefficient (Wildman–Crippen LogP) is 2.99. The first-order chi connectivity index (χ1) is 6.84. The third kappa shape index (κ3) is 0.711. The second-order valence-corrected chi connectivity index (χ2v) is 6.13. The summed E-state index contributed by atoms with van der Waals surface area (Å²) in [5.74, 6) is 2.89. The zero-order chi connectivity index (χ0) is 9.34. The molecule has 2 heterocycles. The number of rotatable bonds is 1. The monoisotopic (exact) mass is 192 g/mol. The Morgan fingerprint density at radius 1 is 1.21 bits per heavy atom. The highest BCUT2D eigenvalue weighted by molar-refractivity contribution is 5.14. The molecule has 78 valence electrons. The van der Waals surface area contributed by atoms with Crippen molar-refractivity contribution in [3.63, 3.8) is 0 Å². The van der Waals surface area contributed by atoms with Gasteiger partial charge in [-0.05, 0) is 55.3 Å². The van der Waals surface area contributed by atoms with E-state index in [-0.39, 0.29) is 0 Å². The molecule has 3 aliphatic carbocycles. The van der Waals surface area contributed by atoms with Crippen LogP contribution in [0.15, 0.2) is 0 Å². The lowest BCUT2D eigenvalue weighted by atomic mass is 9.57. The highest BCUT2D eigenvalue weighted by Crippen LogP contribution is 2.68. The van der Waals surface area contributed by atoms with Crippen molar-refractivity contribution < 1.29 is 4.74 Å². The van der Waals surface area contributed by atoms with Gasteiger partial charge in [0.2, 0.25) is 0 Å². The van der Waals surface area contributed by atoms with Crippen molar-refractivity contribution in [2.24, 2.45) is 23.2 Å². The molecule has 5 fully saturated rings. The van der Waals surface area contributed by atoms with E-state index < -0.39 is 0 Å². The van der Waals surface area contributed by atoms with Crippen LogP contribution < -0.4 is 0 Å². The van der Waals surface area contributed by atoms with Gasteiger partial charge in [-0.25, -0.2) is 0 Å². The normalized spacial score (nSPS) is 63.6. The smallest absolute Gasteiger partial charge is 0.0644 e. The lowest BCUT2D eigenvalue weighted by molar-refractivity contribution is -0.122. The van der Waals surface area contributed by atoms with Gasteiger partial charge in [0.15, 0.2) is 0 Å². The van der Waals surface area contributed by atoms with E-state index in [1.807, 2.05) is 0 Å². The van der Waals surface area contributed by atoms with Crippen molar-refractivity contribution in [3.8, 4) is 0 Å². The fourth-order valence-corrected chi connectivity index (χ4v) is 5.38. The van der Waals surface area contributed by atoms with Gasteiger partial charge < -0.3 is 4.74 Å². The molecular weight excluding hydrogens is 172 g/mol. The van der Waals surface area contributed by atoms with Crippen molar-refractivity contribution in [1.29, 1.82) is 0 Å². The van der Waals surface area contributed by atoms with Gasteiger partial charge in [0.25, 0.3) is 0 Å². The standard InChI is InChI=1S/C13H20O/c1-2-13-6-9-8-4-3-5-10(13)12(8)14-11(9)7-13/h8-12H,2-7H2,1H3. The van der Waals surface area contributed by atoms with E-state index in [0.717, 1.165) is 23.2 Å². The van der Waals surface area contributed by atoms with E-state index in [4.69, 9.17) is 4.74 Å². The summed E-state index contributed by atoms with van der Waals surface area (Å²) in [6.45, 7) is 2.41. The van der Waals surface area contributed by atoms with Gasteiger partial charge in [-0.3, -0.25) is 0 Å². The molecule has 6 atom stereocenters. The summed E-state index contributed by atoms with van der Waals surface area (Å²) in [5.41, 5.74) is 0.731. The Morgan fingerprint density at radius 3 is 3.00 bits per heavy atom. The van der Waals surface area contributed by atoms with Crippen LogP contribution in [0.5, 0.6) is 0 Å². The van der Waals surface area contributed by atoms with Crippen LogP contribution in [-0.2, 0) is 4.74 Å². The highest BCUT2D eigenvalue weighted by atomic mass is 16.5. The first-order valence-corrected chi connectivity index (χ1v) is 6.49. The van der Waals surface area contributed by atoms with Crippen LogP contribution >= 0.6 is 0 Å². The second kappa shape index (κ2) is 2.37. The molecule has 0 aromatic rings. The minimum atomic E-state index is 0.680. The lowest BCUT2D eigenvalue weighted by Crippen LogP contribution is -2.48. The lowest BCUT2D eigenvalue weighted by Gasteiger charge is -2.51. The van der Waals surface area contributed by atoms with Crippen LogP contribution in [0.4, 0.5) is 0 Å². The van der Waals surface area contributed by atoms with Crippen molar-refractivity contribution in [2.45, 2.75) is 57.7 Å². The zero-order valence-electron chi connectivity index (χ0n) is 9.04. The summed E-state index contributed by atoms with van der Waals surface area (Å²) >= 11 is 0. The third-order valence-corrected chi connectivity index (χ3v) is 5.97. The van der Waals surface area contributed by atoms with Gasteiger partial charge in [0.05, 0.1) is 12.2 Å². The largest absolute Gasteiger partial charge is 0.374 e. The molecule has 0 aromatic carbocycles. The minimum absolute atomic E-state index is 0.680. The van der Waals surface area contributed by atoms with E-state index in [9.17, 15) is 0 Å². The maximum absolute atomic E-state index is 6.25. The van der Waals surface area contributed by atoms with Crippen molar-refractivity contribution in [1.82, 2.24) is 0 Å². The summed E-state index contributed by atoms with van der Waals surface area (Å²) in [4.78, 5) is 0. The molecule has 5 aliphatic rings. The van der Waals surface area contributed by atoms with Gasteiger partial charge in [-0.15, -0.1) is 0 Å². The van der Waals surface area contributed by atoms with Crippen LogP contribution in [0.25, 0.3) is 0 Å². The van der Waals surface area contributed by atoms with Gasteiger partial charge in [-0.1, -0.05) is 13.3 Å². The minimum Gasteiger partial charge on any atom is -0.374 e. The molecule has 0 N–H and O–H groups in total. The topological polar surface area (TPSA) is 9.23 Å². The third-order valence-electron chi connectivity index (χ3n) is 5.97. The summed E-state index contributed by atoms with van der Waals surface area (Å²) in [6.07, 6.45) is 10.1. The molecule has 5 rings (SSSR count). The molecule has 1 heteroatoms. The molecule has 0 spiro atoms. The van der Waals surface area contributed by atoms with Gasteiger partial charge in [0.1, 0.15) is 0 Å². The van der Waals surface area contributed by atoms with Crippen LogP contribution in [0.3, 0.4) is 0 Å². The number of hydrogen-bond donors (Lipinski definition) is 0. The zero-order valence-corrected chi connectivity index (χ0v) is 9.04. The molecule has 1 nitrogen and oxygen atoms in total. The van der Waals surface area contributed by atoms with Gasteiger partial charge in [-0.2, -0.15) is 0 Å².